The maximum Gasteiger partial charge on any atom is 0.329 e. The number of carbonyl (C=O) groups excluding carboxylic acids is 2. The topological polar surface area (TPSA) is 89.8 Å². The Bertz CT molecular complexity index is 987. The summed E-state index contributed by atoms with van der Waals surface area (Å²) in [6.07, 6.45) is 0. The molecule has 7 heteroatoms. The van der Waals surface area contributed by atoms with Gasteiger partial charge in [0.25, 0.3) is 0 Å². The van der Waals surface area contributed by atoms with Crippen molar-refractivity contribution < 1.29 is 19.2 Å². The molecule has 3 rings (SSSR count). The van der Waals surface area contributed by atoms with E-state index >= 15 is 0 Å². The van der Waals surface area contributed by atoms with Crippen LogP contribution in [0.1, 0.15) is 57.7 Å². The van der Waals surface area contributed by atoms with Crippen molar-refractivity contribution in [2.75, 3.05) is 6.61 Å². The van der Waals surface area contributed by atoms with E-state index < -0.39 is 41.3 Å². The molecular weight excluding hydrogens is 420 g/mol. The monoisotopic (exact) mass is 452 g/mol. The Balaban J connectivity index is 2.23. The number of ether oxygens (including phenoxy) is 1. The summed E-state index contributed by atoms with van der Waals surface area (Å²) in [7, 11) is 0. The van der Waals surface area contributed by atoms with E-state index in [9.17, 15) is 19.7 Å². The van der Waals surface area contributed by atoms with Crippen LogP contribution in [0.5, 0.6) is 0 Å². The van der Waals surface area contributed by atoms with Gasteiger partial charge in [0.05, 0.1) is 18.4 Å². The number of rotatable bonds is 6. The van der Waals surface area contributed by atoms with E-state index in [0.717, 1.165) is 5.56 Å². The summed E-state index contributed by atoms with van der Waals surface area (Å²) >= 11 is 0. The largest absolute Gasteiger partial charge is 0.464 e. The Labute approximate surface area is 194 Å². The first kappa shape index (κ1) is 24.4. The van der Waals surface area contributed by atoms with Gasteiger partial charge in [-0.05, 0) is 30.4 Å². The molecule has 0 radical (unpaired) electrons. The normalized spacial score (nSPS) is 23.7. The smallest absolute Gasteiger partial charge is 0.329 e. The number of likely N-dealkylation sites (tertiary alicyclic amines) is 1. The van der Waals surface area contributed by atoms with Gasteiger partial charge >= 0.3 is 5.97 Å². The number of carbonyl (C=O) groups is 2. The highest BCUT2D eigenvalue weighted by Gasteiger charge is 2.64. The predicted molar refractivity (Wildman–Crippen MR) is 125 cm³/mol. The molecule has 5 atom stereocenters. The van der Waals surface area contributed by atoms with Gasteiger partial charge in [0.2, 0.25) is 11.9 Å². The van der Waals surface area contributed by atoms with Gasteiger partial charge < -0.3 is 9.64 Å². The van der Waals surface area contributed by atoms with Crippen LogP contribution >= 0.6 is 0 Å². The molecule has 33 heavy (non-hydrogen) atoms. The molecule has 2 aromatic rings. The average molecular weight is 453 g/mol. The lowest BCUT2D eigenvalue weighted by Crippen LogP contribution is -2.49. The van der Waals surface area contributed by atoms with Crippen LogP contribution in [0.2, 0.25) is 0 Å². The molecule has 2 aromatic carbocycles. The van der Waals surface area contributed by atoms with Crippen molar-refractivity contribution >= 4 is 11.9 Å². The van der Waals surface area contributed by atoms with Crippen molar-refractivity contribution in [2.24, 2.45) is 11.3 Å². The highest BCUT2D eigenvalue weighted by molar-refractivity contribution is 5.90. The van der Waals surface area contributed by atoms with Crippen LogP contribution in [-0.4, -0.2) is 40.4 Å². The van der Waals surface area contributed by atoms with Crippen molar-refractivity contribution in [3.8, 4) is 0 Å². The second kappa shape index (κ2) is 9.73. The molecular formula is C26H32N2O5. The van der Waals surface area contributed by atoms with E-state index in [0.29, 0.717) is 5.56 Å². The van der Waals surface area contributed by atoms with Gasteiger partial charge in [0, 0.05) is 4.92 Å². The molecule has 1 amide bonds. The standard InChI is InChI=1S/C26H32N2O5/c1-6-33-25(30)23-20(26(3,4)5)22(28(31)32)21(19-15-11-8-12-16-19)27(23)24(29)17(2)18-13-9-7-10-14-18/h7-17,20-23H,6H2,1-5H3/t17-,20-,21-,22-,23-/m1/s1. The molecule has 0 bridgehead atoms. The molecule has 0 spiro atoms. The lowest BCUT2D eigenvalue weighted by Gasteiger charge is -2.34. The second-order valence-electron chi connectivity index (χ2n) is 9.60. The Morgan fingerprint density at radius 1 is 1.06 bits per heavy atom. The molecule has 0 aliphatic carbocycles. The fourth-order valence-corrected chi connectivity index (χ4v) is 5.00. The molecule has 7 nitrogen and oxygen atoms in total. The van der Waals surface area contributed by atoms with Crippen molar-refractivity contribution in [1.29, 1.82) is 0 Å². The van der Waals surface area contributed by atoms with Gasteiger partial charge in [-0.1, -0.05) is 81.4 Å². The molecule has 1 aliphatic rings. The lowest BCUT2D eigenvalue weighted by atomic mass is 9.73. The molecule has 0 saturated carbocycles. The zero-order valence-corrected chi connectivity index (χ0v) is 19.8. The first-order valence-electron chi connectivity index (χ1n) is 11.3. The minimum atomic E-state index is -1.16. The van der Waals surface area contributed by atoms with Gasteiger partial charge in [0.15, 0.2) is 0 Å². The maximum absolute atomic E-state index is 14.0. The molecule has 1 aliphatic heterocycles. The first-order valence-corrected chi connectivity index (χ1v) is 11.3. The molecule has 0 N–H and O–H groups in total. The Kier molecular flexibility index (Phi) is 7.20. The summed E-state index contributed by atoms with van der Waals surface area (Å²) in [5.74, 6) is -2.24. The van der Waals surface area contributed by atoms with Crippen LogP contribution in [-0.2, 0) is 14.3 Å². The summed E-state index contributed by atoms with van der Waals surface area (Å²) in [5.41, 5.74) is 0.787. The number of esters is 1. The zero-order valence-electron chi connectivity index (χ0n) is 19.8. The minimum absolute atomic E-state index is 0.127. The molecule has 1 heterocycles. The fraction of sp³-hybridized carbons (Fsp3) is 0.462. The quantitative estimate of drug-likeness (QED) is 0.363. The third-order valence-electron chi connectivity index (χ3n) is 6.47. The van der Waals surface area contributed by atoms with Crippen LogP contribution < -0.4 is 0 Å². The van der Waals surface area contributed by atoms with Gasteiger partial charge in [-0.25, -0.2) is 4.79 Å². The zero-order chi connectivity index (χ0) is 24.3. The van der Waals surface area contributed by atoms with E-state index in [-0.39, 0.29) is 17.4 Å². The summed E-state index contributed by atoms with van der Waals surface area (Å²) in [6.45, 7) is 9.21. The highest BCUT2D eigenvalue weighted by atomic mass is 16.6. The van der Waals surface area contributed by atoms with Gasteiger partial charge in [-0.2, -0.15) is 0 Å². The summed E-state index contributed by atoms with van der Waals surface area (Å²) < 4.78 is 5.37. The third kappa shape index (κ3) is 4.77. The van der Waals surface area contributed by atoms with E-state index in [4.69, 9.17) is 4.74 Å². The Morgan fingerprint density at radius 3 is 2.09 bits per heavy atom. The van der Waals surface area contributed by atoms with E-state index in [1.165, 1.54) is 4.90 Å². The molecule has 1 saturated heterocycles. The lowest BCUT2D eigenvalue weighted by molar-refractivity contribution is -0.536. The first-order chi connectivity index (χ1) is 15.6. The second-order valence-corrected chi connectivity index (χ2v) is 9.60. The van der Waals surface area contributed by atoms with Crippen LogP contribution in [0.4, 0.5) is 0 Å². The van der Waals surface area contributed by atoms with Crippen LogP contribution in [0, 0.1) is 21.4 Å². The van der Waals surface area contributed by atoms with Gasteiger partial charge in [0.1, 0.15) is 12.1 Å². The van der Waals surface area contributed by atoms with Crippen LogP contribution in [0.25, 0.3) is 0 Å². The number of nitro groups is 1. The Morgan fingerprint density at radius 2 is 1.61 bits per heavy atom. The number of hydrogen-bond donors (Lipinski definition) is 0. The summed E-state index contributed by atoms with van der Waals surface area (Å²) in [6, 6.07) is 15.1. The molecule has 1 fully saturated rings. The average Bonchev–Trinajstić information content (AvgIpc) is 3.16. The maximum atomic E-state index is 14.0. The van der Waals surface area contributed by atoms with Crippen molar-refractivity contribution in [3.63, 3.8) is 0 Å². The number of amides is 1. The molecule has 0 aromatic heterocycles. The van der Waals surface area contributed by atoms with Crippen molar-refractivity contribution in [2.45, 2.75) is 58.7 Å². The highest BCUT2D eigenvalue weighted by Crippen LogP contribution is 2.50. The third-order valence-corrected chi connectivity index (χ3v) is 6.47. The summed E-state index contributed by atoms with van der Waals surface area (Å²) in [5, 5.41) is 12.5. The van der Waals surface area contributed by atoms with Crippen molar-refractivity contribution in [1.82, 2.24) is 4.90 Å². The number of benzene rings is 2. The number of nitrogens with zero attached hydrogens (tertiary/aromatic N) is 2. The van der Waals surface area contributed by atoms with Gasteiger partial charge in [-0.3, -0.25) is 14.9 Å². The van der Waals surface area contributed by atoms with E-state index in [2.05, 4.69) is 0 Å². The van der Waals surface area contributed by atoms with E-state index in [1.54, 1.807) is 38.1 Å². The van der Waals surface area contributed by atoms with E-state index in [1.807, 2.05) is 57.2 Å². The van der Waals surface area contributed by atoms with Crippen LogP contribution in [0.15, 0.2) is 60.7 Å². The SMILES string of the molecule is CCOC(=O)[C@H]1[C@H](C(C)(C)C)[C@@H]([N+](=O)[O-])[C@@H](c2ccccc2)N1C(=O)[C@H](C)c1ccccc1. The minimum Gasteiger partial charge on any atom is -0.464 e. The predicted octanol–water partition coefficient (Wildman–Crippen LogP) is 4.61. The van der Waals surface area contributed by atoms with Crippen LogP contribution in [0.3, 0.4) is 0 Å². The summed E-state index contributed by atoms with van der Waals surface area (Å²) in [4.78, 5) is 40.9. The molecule has 0 unspecified atom stereocenters. The van der Waals surface area contributed by atoms with Crippen molar-refractivity contribution in [3.05, 3.63) is 81.9 Å². The molecule has 176 valence electrons. The number of hydrogen-bond acceptors (Lipinski definition) is 5. The van der Waals surface area contributed by atoms with Gasteiger partial charge in [-0.15, -0.1) is 0 Å². The Hall–Kier alpha value is -3.22. The fourth-order valence-electron chi connectivity index (χ4n) is 5.00.